The molecule has 1 aromatic rings. The van der Waals surface area contributed by atoms with Crippen molar-refractivity contribution in [1.29, 1.82) is 0 Å². The Hall–Kier alpha value is -2.68. The van der Waals surface area contributed by atoms with Crippen LogP contribution in [0.4, 0.5) is 5.69 Å². The number of nitrogens with zero attached hydrogens (tertiary/aromatic N) is 1. The second-order valence-electron chi connectivity index (χ2n) is 5.03. The van der Waals surface area contributed by atoms with Crippen LogP contribution in [0.15, 0.2) is 23.2 Å². The van der Waals surface area contributed by atoms with E-state index in [4.69, 9.17) is 11.2 Å². The molecule has 0 fully saturated rings. The molecule has 0 aromatic heterocycles. The Labute approximate surface area is 136 Å². The van der Waals surface area contributed by atoms with Gasteiger partial charge in [0.2, 0.25) is 5.91 Å². The van der Waals surface area contributed by atoms with Gasteiger partial charge in [0.15, 0.2) is 5.96 Å². The first-order valence-electron chi connectivity index (χ1n) is 7.74. The summed E-state index contributed by atoms with van der Waals surface area (Å²) in [5.74, 6) is 4.05. The van der Waals surface area contributed by atoms with Crippen LogP contribution in [-0.4, -0.2) is 38.1 Å². The van der Waals surface area contributed by atoms with Gasteiger partial charge in [0, 0.05) is 18.7 Å². The van der Waals surface area contributed by atoms with Gasteiger partial charge in [-0.25, -0.2) is 4.99 Å². The third-order valence-corrected chi connectivity index (χ3v) is 3.30. The highest BCUT2D eigenvalue weighted by Gasteiger charge is 2.14. The first-order chi connectivity index (χ1) is 11.2. The molecular weight excluding hydrogens is 292 g/mol. The highest BCUT2D eigenvalue weighted by molar-refractivity contribution is 5.94. The first kappa shape index (κ1) is 16.7. The molecule has 1 aliphatic rings. The summed E-state index contributed by atoms with van der Waals surface area (Å²) in [5, 5.41) is 8.98. The van der Waals surface area contributed by atoms with Crippen molar-refractivity contribution in [1.82, 2.24) is 10.6 Å². The van der Waals surface area contributed by atoms with E-state index < -0.39 is 0 Å². The van der Waals surface area contributed by atoms with E-state index in [0.717, 1.165) is 30.0 Å². The van der Waals surface area contributed by atoms with Crippen LogP contribution in [0.2, 0.25) is 0 Å². The van der Waals surface area contributed by atoms with E-state index in [0.29, 0.717) is 32.1 Å². The summed E-state index contributed by atoms with van der Waals surface area (Å²) in [6, 6.07) is 5.71. The fourth-order valence-electron chi connectivity index (χ4n) is 2.25. The molecular formula is C17H22N4O2. The van der Waals surface area contributed by atoms with Gasteiger partial charge in [-0.1, -0.05) is 5.92 Å². The predicted octanol–water partition coefficient (Wildman–Crippen LogP) is 1.14. The van der Waals surface area contributed by atoms with Crippen LogP contribution in [0.25, 0.3) is 0 Å². The molecule has 1 aromatic carbocycles. The maximum atomic E-state index is 11.3. The smallest absolute Gasteiger partial charge is 0.224 e. The number of carbonyl (C=O) groups is 1. The Morgan fingerprint density at radius 1 is 1.43 bits per heavy atom. The number of aryl methyl sites for hydroxylation is 1. The van der Waals surface area contributed by atoms with Crippen LogP contribution >= 0.6 is 0 Å². The van der Waals surface area contributed by atoms with Gasteiger partial charge in [0.1, 0.15) is 12.4 Å². The van der Waals surface area contributed by atoms with E-state index in [1.165, 1.54) is 0 Å². The van der Waals surface area contributed by atoms with E-state index in [1.54, 1.807) is 0 Å². The van der Waals surface area contributed by atoms with Crippen molar-refractivity contribution in [3.8, 4) is 18.1 Å². The van der Waals surface area contributed by atoms with Crippen molar-refractivity contribution in [3.05, 3.63) is 23.8 Å². The summed E-state index contributed by atoms with van der Waals surface area (Å²) < 4.78 is 5.72. The minimum Gasteiger partial charge on any atom is -0.492 e. The molecule has 0 radical (unpaired) electrons. The zero-order valence-corrected chi connectivity index (χ0v) is 13.3. The molecule has 3 N–H and O–H groups in total. The highest BCUT2D eigenvalue weighted by Crippen LogP contribution is 2.26. The van der Waals surface area contributed by atoms with E-state index >= 15 is 0 Å². The van der Waals surface area contributed by atoms with Crippen LogP contribution in [0.5, 0.6) is 5.75 Å². The maximum Gasteiger partial charge on any atom is 0.224 e. The standard InChI is InChI=1S/C17H22N4O2/c1-3-9-19-17(18-4-2)20-10-11-23-14-6-7-15-13(12-14)5-8-16(22)21-15/h1,6-7,12H,4-5,8-11H2,2H3,(H,21,22)(H2,18,19,20). The molecule has 1 aliphatic heterocycles. The summed E-state index contributed by atoms with van der Waals surface area (Å²) in [7, 11) is 0. The summed E-state index contributed by atoms with van der Waals surface area (Å²) >= 11 is 0. The molecule has 0 saturated carbocycles. The third-order valence-electron chi connectivity index (χ3n) is 3.30. The highest BCUT2D eigenvalue weighted by atomic mass is 16.5. The average molecular weight is 314 g/mol. The van der Waals surface area contributed by atoms with Crippen LogP contribution in [0.1, 0.15) is 18.9 Å². The number of benzene rings is 1. The molecule has 2 rings (SSSR count). The van der Waals surface area contributed by atoms with Crippen LogP contribution in [0, 0.1) is 12.3 Å². The van der Waals surface area contributed by atoms with E-state index in [1.807, 2.05) is 25.1 Å². The number of hydrogen-bond acceptors (Lipinski definition) is 3. The van der Waals surface area contributed by atoms with Gasteiger partial charge in [-0.05, 0) is 37.1 Å². The van der Waals surface area contributed by atoms with Gasteiger partial charge in [-0.2, -0.15) is 0 Å². The topological polar surface area (TPSA) is 74.8 Å². The first-order valence-corrected chi connectivity index (χ1v) is 7.74. The molecule has 122 valence electrons. The Morgan fingerprint density at radius 3 is 3.09 bits per heavy atom. The Morgan fingerprint density at radius 2 is 2.30 bits per heavy atom. The number of fused-ring (bicyclic) bond motifs is 1. The monoisotopic (exact) mass is 314 g/mol. The Bertz CT molecular complexity index is 620. The number of guanidine groups is 1. The SMILES string of the molecule is C#CCNC(=NCCOc1ccc2c(c1)CCC(=O)N2)NCC. The summed E-state index contributed by atoms with van der Waals surface area (Å²) in [5.41, 5.74) is 1.98. The number of hydrogen-bond donors (Lipinski definition) is 3. The lowest BCUT2D eigenvalue weighted by molar-refractivity contribution is -0.116. The number of anilines is 1. The minimum atomic E-state index is 0.0657. The number of amides is 1. The fourth-order valence-corrected chi connectivity index (χ4v) is 2.25. The van der Waals surface area contributed by atoms with Crippen LogP contribution < -0.4 is 20.7 Å². The molecule has 1 heterocycles. The number of rotatable bonds is 6. The lowest BCUT2D eigenvalue weighted by atomic mass is 10.0. The van der Waals surface area contributed by atoms with Crippen LogP contribution in [0.3, 0.4) is 0 Å². The molecule has 0 saturated heterocycles. The van der Waals surface area contributed by atoms with Gasteiger partial charge in [0.05, 0.1) is 13.1 Å². The quantitative estimate of drug-likeness (QED) is 0.319. The number of nitrogens with one attached hydrogen (secondary N) is 3. The van der Waals surface area contributed by atoms with E-state index in [-0.39, 0.29) is 5.91 Å². The second-order valence-corrected chi connectivity index (χ2v) is 5.03. The second kappa shape index (κ2) is 8.69. The van der Waals surface area contributed by atoms with Crippen molar-refractivity contribution in [2.75, 3.05) is 31.6 Å². The number of carbonyl (C=O) groups excluding carboxylic acids is 1. The van der Waals surface area contributed by atoms with Crippen molar-refractivity contribution in [2.45, 2.75) is 19.8 Å². The predicted molar refractivity (Wildman–Crippen MR) is 91.7 cm³/mol. The van der Waals surface area contributed by atoms with E-state index in [2.05, 4.69) is 26.9 Å². The molecule has 0 bridgehead atoms. The van der Waals surface area contributed by atoms with Crippen molar-refractivity contribution >= 4 is 17.6 Å². The Balaban J connectivity index is 1.84. The van der Waals surface area contributed by atoms with Crippen molar-refractivity contribution < 1.29 is 9.53 Å². The van der Waals surface area contributed by atoms with Gasteiger partial charge in [-0.15, -0.1) is 6.42 Å². The normalized spacial score (nSPS) is 13.6. The summed E-state index contributed by atoms with van der Waals surface area (Å²) in [6.45, 7) is 4.19. The zero-order chi connectivity index (χ0) is 16.5. The third kappa shape index (κ3) is 5.22. The van der Waals surface area contributed by atoms with Gasteiger partial charge >= 0.3 is 0 Å². The molecule has 23 heavy (non-hydrogen) atoms. The lowest BCUT2D eigenvalue weighted by Gasteiger charge is -2.17. The van der Waals surface area contributed by atoms with Crippen molar-refractivity contribution in [2.24, 2.45) is 4.99 Å². The van der Waals surface area contributed by atoms with Crippen molar-refractivity contribution in [3.63, 3.8) is 0 Å². The van der Waals surface area contributed by atoms with Gasteiger partial charge in [0.25, 0.3) is 0 Å². The molecule has 0 atom stereocenters. The number of terminal acetylenes is 1. The van der Waals surface area contributed by atoms with Gasteiger partial charge < -0.3 is 20.7 Å². The molecule has 0 aliphatic carbocycles. The van der Waals surface area contributed by atoms with Gasteiger partial charge in [-0.3, -0.25) is 4.79 Å². The molecule has 0 spiro atoms. The number of aliphatic imine (C=N–C) groups is 1. The molecule has 6 heteroatoms. The minimum absolute atomic E-state index is 0.0657. The maximum absolute atomic E-state index is 11.3. The summed E-state index contributed by atoms with van der Waals surface area (Å²) in [4.78, 5) is 15.7. The van der Waals surface area contributed by atoms with Crippen LogP contribution in [-0.2, 0) is 11.2 Å². The number of ether oxygens (including phenoxy) is 1. The fraction of sp³-hybridized carbons (Fsp3) is 0.412. The average Bonchev–Trinajstić information content (AvgIpc) is 2.56. The Kier molecular flexibility index (Phi) is 6.30. The molecule has 6 nitrogen and oxygen atoms in total. The summed E-state index contributed by atoms with van der Waals surface area (Å²) in [6.07, 6.45) is 6.49. The lowest BCUT2D eigenvalue weighted by Crippen LogP contribution is -2.37. The zero-order valence-electron chi connectivity index (χ0n) is 13.3. The largest absolute Gasteiger partial charge is 0.492 e. The molecule has 1 amide bonds. The molecule has 0 unspecified atom stereocenters. The van der Waals surface area contributed by atoms with E-state index in [9.17, 15) is 4.79 Å².